The summed E-state index contributed by atoms with van der Waals surface area (Å²) in [4.78, 5) is 4.53. The molecule has 0 saturated carbocycles. The molecular formula is C17H25NO2. The number of hydrogen-bond donors (Lipinski definition) is 0. The van der Waals surface area contributed by atoms with Crippen LogP contribution in [0.15, 0.2) is 29.3 Å². The van der Waals surface area contributed by atoms with E-state index in [-0.39, 0.29) is 5.60 Å². The molecule has 1 unspecified atom stereocenters. The van der Waals surface area contributed by atoms with Gasteiger partial charge in [0.05, 0.1) is 12.7 Å². The molecule has 20 heavy (non-hydrogen) atoms. The van der Waals surface area contributed by atoms with Crippen LogP contribution in [-0.2, 0) is 4.74 Å². The maximum atomic E-state index is 5.74. The highest BCUT2D eigenvalue weighted by atomic mass is 16.5. The van der Waals surface area contributed by atoms with Gasteiger partial charge in [-0.1, -0.05) is 0 Å². The van der Waals surface area contributed by atoms with E-state index in [0.717, 1.165) is 43.2 Å². The molecule has 2 rings (SSSR count). The van der Waals surface area contributed by atoms with E-state index in [9.17, 15) is 0 Å². The summed E-state index contributed by atoms with van der Waals surface area (Å²) in [6.07, 6.45) is 5.41. The van der Waals surface area contributed by atoms with Crippen LogP contribution in [-0.4, -0.2) is 32.1 Å². The van der Waals surface area contributed by atoms with Gasteiger partial charge in [0.1, 0.15) is 5.75 Å². The van der Waals surface area contributed by atoms with Crippen molar-refractivity contribution in [3.63, 3.8) is 0 Å². The molecule has 1 saturated heterocycles. The zero-order valence-corrected chi connectivity index (χ0v) is 12.8. The molecule has 0 aliphatic carbocycles. The smallest absolute Gasteiger partial charge is 0.118 e. The number of ether oxygens (including phenoxy) is 2. The summed E-state index contributed by atoms with van der Waals surface area (Å²) in [5, 5.41) is 0. The van der Waals surface area contributed by atoms with Gasteiger partial charge in [0, 0.05) is 19.4 Å². The van der Waals surface area contributed by atoms with Gasteiger partial charge in [0.2, 0.25) is 0 Å². The molecule has 1 aromatic carbocycles. The van der Waals surface area contributed by atoms with Crippen LogP contribution in [0.25, 0.3) is 0 Å². The standard InChI is InChI=1S/C17H25NO2/c1-17(2)12-14(9-11-20-17)8-10-18-13-15-4-6-16(19-3)7-5-15/h4-7,13-14H,8-12H2,1-3H3. The topological polar surface area (TPSA) is 30.8 Å². The number of rotatable bonds is 5. The maximum Gasteiger partial charge on any atom is 0.118 e. The monoisotopic (exact) mass is 275 g/mol. The van der Waals surface area contributed by atoms with E-state index in [1.807, 2.05) is 30.5 Å². The summed E-state index contributed by atoms with van der Waals surface area (Å²) >= 11 is 0. The van der Waals surface area contributed by atoms with Gasteiger partial charge < -0.3 is 9.47 Å². The fourth-order valence-electron chi connectivity index (χ4n) is 2.72. The molecule has 1 aliphatic rings. The second kappa shape index (κ2) is 6.89. The summed E-state index contributed by atoms with van der Waals surface area (Å²) in [5.74, 6) is 1.62. The summed E-state index contributed by atoms with van der Waals surface area (Å²) in [6.45, 7) is 6.15. The van der Waals surface area contributed by atoms with Crippen molar-refractivity contribution in [3.05, 3.63) is 29.8 Å². The highest BCUT2D eigenvalue weighted by Gasteiger charge is 2.28. The molecule has 1 aliphatic heterocycles. The van der Waals surface area contributed by atoms with Crippen molar-refractivity contribution in [1.29, 1.82) is 0 Å². The van der Waals surface area contributed by atoms with Gasteiger partial charge in [-0.05, 0) is 68.9 Å². The van der Waals surface area contributed by atoms with Gasteiger partial charge in [-0.3, -0.25) is 4.99 Å². The Hall–Kier alpha value is -1.35. The number of nitrogens with zero attached hydrogens (tertiary/aromatic N) is 1. The van der Waals surface area contributed by atoms with E-state index in [1.165, 1.54) is 6.42 Å². The van der Waals surface area contributed by atoms with Crippen LogP contribution in [0.3, 0.4) is 0 Å². The van der Waals surface area contributed by atoms with Gasteiger partial charge in [-0.25, -0.2) is 0 Å². The van der Waals surface area contributed by atoms with Crippen molar-refractivity contribution in [3.8, 4) is 5.75 Å². The zero-order chi connectivity index (χ0) is 14.4. The van der Waals surface area contributed by atoms with Gasteiger partial charge in [0.15, 0.2) is 0 Å². The molecule has 0 bridgehead atoms. The highest BCUT2D eigenvalue weighted by Crippen LogP contribution is 2.30. The van der Waals surface area contributed by atoms with Crippen molar-refractivity contribution in [2.45, 2.75) is 38.7 Å². The van der Waals surface area contributed by atoms with Crippen molar-refractivity contribution in [2.24, 2.45) is 10.9 Å². The van der Waals surface area contributed by atoms with Crippen molar-refractivity contribution < 1.29 is 9.47 Å². The van der Waals surface area contributed by atoms with Crippen LogP contribution in [0.5, 0.6) is 5.75 Å². The fourth-order valence-corrected chi connectivity index (χ4v) is 2.72. The van der Waals surface area contributed by atoms with E-state index in [4.69, 9.17) is 9.47 Å². The van der Waals surface area contributed by atoms with Crippen molar-refractivity contribution in [1.82, 2.24) is 0 Å². The molecule has 1 aromatic rings. The van der Waals surface area contributed by atoms with E-state index >= 15 is 0 Å². The van der Waals surface area contributed by atoms with Crippen LogP contribution >= 0.6 is 0 Å². The molecule has 1 atom stereocenters. The van der Waals surface area contributed by atoms with Crippen LogP contribution in [0.2, 0.25) is 0 Å². The average molecular weight is 275 g/mol. The zero-order valence-electron chi connectivity index (χ0n) is 12.8. The Morgan fingerprint density at radius 2 is 2.10 bits per heavy atom. The molecule has 1 fully saturated rings. The lowest BCUT2D eigenvalue weighted by Gasteiger charge is -2.35. The molecule has 0 amide bonds. The minimum Gasteiger partial charge on any atom is -0.497 e. The van der Waals surface area contributed by atoms with Crippen LogP contribution in [0.4, 0.5) is 0 Å². The summed E-state index contributed by atoms with van der Waals surface area (Å²) in [7, 11) is 1.68. The molecule has 0 spiro atoms. The first-order valence-electron chi connectivity index (χ1n) is 7.37. The molecule has 0 aromatic heterocycles. The Kier molecular flexibility index (Phi) is 5.18. The Morgan fingerprint density at radius 1 is 1.35 bits per heavy atom. The molecule has 0 radical (unpaired) electrons. The SMILES string of the molecule is COc1ccc(C=NCCC2CCOC(C)(C)C2)cc1. The number of hydrogen-bond acceptors (Lipinski definition) is 3. The van der Waals surface area contributed by atoms with E-state index in [1.54, 1.807) is 7.11 Å². The summed E-state index contributed by atoms with van der Waals surface area (Å²) in [5.41, 5.74) is 1.17. The van der Waals surface area contributed by atoms with Crippen LogP contribution in [0.1, 0.15) is 38.7 Å². The molecule has 0 N–H and O–H groups in total. The highest BCUT2D eigenvalue weighted by molar-refractivity contribution is 5.79. The third-order valence-electron chi connectivity index (χ3n) is 3.82. The molecule has 3 heteroatoms. The first-order valence-corrected chi connectivity index (χ1v) is 7.37. The van der Waals surface area contributed by atoms with Crippen molar-refractivity contribution in [2.75, 3.05) is 20.3 Å². The first kappa shape index (κ1) is 15.0. The predicted molar refractivity (Wildman–Crippen MR) is 82.8 cm³/mol. The third kappa shape index (κ3) is 4.64. The molecular weight excluding hydrogens is 250 g/mol. The number of methoxy groups -OCH3 is 1. The first-order chi connectivity index (χ1) is 9.59. The lowest BCUT2D eigenvalue weighted by molar-refractivity contribution is -0.0730. The predicted octanol–water partition coefficient (Wildman–Crippen LogP) is 3.71. The molecule has 3 nitrogen and oxygen atoms in total. The summed E-state index contributed by atoms with van der Waals surface area (Å²) in [6, 6.07) is 7.98. The van der Waals surface area contributed by atoms with Gasteiger partial charge in [0.25, 0.3) is 0 Å². The van der Waals surface area contributed by atoms with Gasteiger partial charge in [-0.2, -0.15) is 0 Å². The normalized spacial score (nSPS) is 22.1. The number of aliphatic imine (C=N–C) groups is 1. The van der Waals surface area contributed by atoms with Gasteiger partial charge >= 0.3 is 0 Å². The number of benzene rings is 1. The second-order valence-corrected chi connectivity index (χ2v) is 6.06. The largest absolute Gasteiger partial charge is 0.497 e. The second-order valence-electron chi connectivity index (χ2n) is 6.06. The maximum absolute atomic E-state index is 5.74. The third-order valence-corrected chi connectivity index (χ3v) is 3.82. The fraction of sp³-hybridized carbons (Fsp3) is 0.588. The lowest BCUT2D eigenvalue weighted by atomic mass is 9.86. The average Bonchev–Trinajstić information content (AvgIpc) is 2.43. The quantitative estimate of drug-likeness (QED) is 0.767. The van der Waals surface area contributed by atoms with Crippen LogP contribution < -0.4 is 4.74 Å². The Morgan fingerprint density at radius 3 is 2.75 bits per heavy atom. The lowest BCUT2D eigenvalue weighted by Crippen LogP contribution is -2.34. The Bertz CT molecular complexity index is 437. The van der Waals surface area contributed by atoms with Crippen molar-refractivity contribution >= 4 is 6.21 Å². The molecule has 1 heterocycles. The van der Waals surface area contributed by atoms with Gasteiger partial charge in [-0.15, -0.1) is 0 Å². The summed E-state index contributed by atoms with van der Waals surface area (Å²) < 4.78 is 10.9. The van der Waals surface area contributed by atoms with E-state index in [0.29, 0.717) is 0 Å². The minimum absolute atomic E-state index is 0.0443. The molecule has 110 valence electrons. The Balaban J connectivity index is 1.75. The van der Waals surface area contributed by atoms with E-state index in [2.05, 4.69) is 18.8 Å². The van der Waals surface area contributed by atoms with E-state index < -0.39 is 0 Å². The Labute approximate surface area is 122 Å². The van der Waals surface area contributed by atoms with Crippen LogP contribution in [0, 0.1) is 5.92 Å². The minimum atomic E-state index is 0.0443.